The molecular formula is C18H12Cl2N2O. The molecule has 1 N–H and O–H groups in total. The van der Waals surface area contributed by atoms with Crippen molar-refractivity contribution in [3.8, 4) is 0 Å². The van der Waals surface area contributed by atoms with E-state index in [1.807, 2.05) is 42.5 Å². The van der Waals surface area contributed by atoms with Crippen molar-refractivity contribution in [2.45, 2.75) is 0 Å². The Morgan fingerprint density at radius 1 is 0.957 bits per heavy atom. The smallest absolute Gasteiger partial charge is 0.267 e. The maximum absolute atomic E-state index is 12.0. The predicted molar refractivity (Wildman–Crippen MR) is 95.5 cm³/mol. The highest BCUT2D eigenvalue weighted by Crippen LogP contribution is 2.20. The topological polar surface area (TPSA) is 41.5 Å². The van der Waals surface area contributed by atoms with Crippen LogP contribution < -0.4 is 5.43 Å². The number of amides is 1. The lowest BCUT2D eigenvalue weighted by molar-refractivity contribution is 0.0955. The Labute approximate surface area is 143 Å². The van der Waals surface area contributed by atoms with Crippen LogP contribution in [0, 0.1) is 0 Å². The molecule has 0 aromatic heterocycles. The van der Waals surface area contributed by atoms with Crippen molar-refractivity contribution in [3.63, 3.8) is 0 Å². The summed E-state index contributed by atoms with van der Waals surface area (Å²) in [6, 6.07) is 18.7. The summed E-state index contributed by atoms with van der Waals surface area (Å²) in [5.41, 5.74) is 3.68. The molecule has 3 aromatic rings. The summed E-state index contributed by atoms with van der Waals surface area (Å²) in [5.74, 6) is -0.385. The monoisotopic (exact) mass is 342 g/mol. The molecule has 3 aromatic carbocycles. The van der Waals surface area contributed by atoms with Crippen molar-refractivity contribution in [3.05, 3.63) is 81.8 Å². The predicted octanol–water partition coefficient (Wildman–Crippen LogP) is 4.91. The maximum atomic E-state index is 12.0. The second kappa shape index (κ2) is 6.82. The van der Waals surface area contributed by atoms with Crippen molar-refractivity contribution in [2.75, 3.05) is 0 Å². The number of hydrogen-bond acceptors (Lipinski definition) is 2. The van der Waals surface area contributed by atoms with Crippen molar-refractivity contribution >= 4 is 46.1 Å². The maximum Gasteiger partial charge on any atom is 0.272 e. The van der Waals surface area contributed by atoms with E-state index in [-0.39, 0.29) is 10.9 Å². The van der Waals surface area contributed by atoms with Gasteiger partial charge in [-0.15, -0.1) is 0 Å². The third-order valence-electron chi connectivity index (χ3n) is 3.33. The SMILES string of the molecule is O=C(NN=Cc1ccc2ccccc2c1)c1ccc(Cl)cc1Cl. The molecule has 3 nitrogen and oxygen atoms in total. The zero-order valence-electron chi connectivity index (χ0n) is 12.0. The molecule has 0 bridgehead atoms. The molecule has 0 saturated carbocycles. The Morgan fingerprint density at radius 3 is 2.52 bits per heavy atom. The van der Waals surface area contributed by atoms with Crippen LogP contribution in [-0.4, -0.2) is 12.1 Å². The summed E-state index contributed by atoms with van der Waals surface area (Å²) in [5, 5.41) is 7.01. The van der Waals surface area contributed by atoms with Crippen LogP contribution in [-0.2, 0) is 0 Å². The number of benzene rings is 3. The first-order valence-corrected chi connectivity index (χ1v) is 7.66. The van der Waals surface area contributed by atoms with Gasteiger partial charge in [-0.1, -0.05) is 59.6 Å². The van der Waals surface area contributed by atoms with E-state index in [0.29, 0.717) is 10.6 Å². The van der Waals surface area contributed by atoms with Crippen molar-refractivity contribution in [2.24, 2.45) is 5.10 Å². The van der Waals surface area contributed by atoms with Crippen LogP contribution in [0.4, 0.5) is 0 Å². The van der Waals surface area contributed by atoms with Crippen molar-refractivity contribution in [1.82, 2.24) is 5.43 Å². The lowest BCUT2D eigenvalue weighted by Gasteiger charge is -2.03. The number of halogens is 2. The Bertz CT molecular complexity index is 906. The van der Waals surface area contributed by atoms with E-state index in [2.05, 4.69) is 10.5 Å². The normalized spacial score (nSPS) is 11.0. The Morgan fingerprint density at radius 2 is 1.74 bits per heavy atom. The van der Waals surface area contributed by atoms with Gasteiger partial charge in [0.25, 0.3) is 5.91 Å². The number of fused-ring (bicyclic) bond motifs is 1. The number of carbonyl (C=O) groups is 1. The number of hydrazone groups is 1. The average molecular weight is 343 g/mol. The number of rotatable bonds is 3. The van der Waals surface area contributed by atoms with Crippen LogP contribution in [0.5, 0.6) is 0 Å². The van der Waals surface area contributed by atoms with Crippen LogP contribution in [0.25, 0.3) is 10.8 Å². The Kier molecular flexibility index (Phi) is 4.60. The highest BCUT2D eigenvalue weighted by atomic mass is 35.5. The average Bonchev–Trinajstić information content (AvgIpc) is 2.54. The van der Waals surface area contributed by atoms with Gasteiger partial charge in [0, 0.05) is 5.02 Å². The molecule has 1 amide bonds. The molecule has 114 valence electrons. The summed E-state index contributed by atoms with van der Waals surface area (Å²) < 4.78 is 0. The molecule has 23 heavy (non-hydrogen) atoms. The lowest BCUT2D eigenvalue weighted by atomic mass is 10.1. The van der Waals surface area contributed by atoms with Gasteiger partial charge < -0.3 is 0 Å². The first kappa shape index (κ1) is 15.5. The fourth-order valence-corrected chi connectivity index (χ4v) is 2.68. The minimum Gasteiger partial charge on any atom is -0.267 e. The largest absolute Gasteiger partial charge is 0.272 e. The van der Waals surface area contributed by atoms with E-state index >= 15 is 0 Å². The molecule has 0 spiro atoms. The summed E-state index contributed by atoms with van der Waals surface area (Å²) in [4.78, 5) is 12.0. The van der Waals surface area contributed by atoms with Crippen molar-refractivity contribution < 1.29 is 4.79 Å². The fraction of sp³-hybridized carbons (Fsp3) is 0. The highest BCUT2D eigenvalue weighted by Gasteiger charge is 2.09. The van der Waals surface area contributed by atoms with E-state index in [4.69, 9.17) is 23.2 Å². The van der Waals surface area contributed by atoms with E-state index in [9.17, 15) is 4.79 Å². The minimum absolute atomic E-state index is 0.288. The van der Waals surface area contributed by atoms with E-state index in [1.54, 1.807) is 18.3 Å². The van der Waals surface area contributed by atoms with Gasteiger partial charge in [0.15, 0.2) is 0 Å². The molecule has 0 aliphatic carbocycles. The molecule has 3 rings (SSSR count). The van der Waals surface area contributed by atoms with Gasteiger partial charge in [-0.3, -0.25) is 4.79 Å². The van der Waals surface area contributed by atoms with Crippen LogP contribution in [0.15, 0.2) is 65.8 Å². The number of hydrogen-bond donors (Lipinski definition) is 1. The van der Waals surface area contributed by atoms with E-state index in [1.165, 1.54) is 6.07 Å². The number of nitrogens with one attached hydrogen (secondary N) is 1. The highest BCUT2D eigenvalue weighted by molar-refractivity contribution is 6.36. The summed E-state index contributed by atoms with van der Waals surface area (Å²) in [7, 11) is 0. The third-order valence-corrected chi connectivity index (χ3v) is 3.88. The van der Waals surface area contributed by atoms with Gasteiger partial charge >= 0.3 is 0 Å². The number of carbonyl (C=O) groups excluding carboxylic acids is 1. The zero-order chi connectivity index (χ0) is 16.2. The second-order valence-corrected chi connectivity index (χ2v) is 5.77. The fourth-order valence-electron chi connectivity index (χ4n) is 2.19. The van der Waals surface area contributed by atoms with Gasteiger partial charge in [0.2, 0.25) is 0 Å². The molecule has 0 unspecified atom stereocenters. The van der Waals surface area contributed by atoms with Gasteiger partial charge in [0.1, 0.15) is 0 Å². The molecule has 0 heterocycles. The summed E-state index contributed by atoms with van der Waals surface area (Å²) >= 11 is 11.8. The first-order chi connectivity index (χ1) is 11.1. The van der Waals surface area contributed by atoms with Crippen LogP contribution in [0.3, 0.4) is 0 Å². The molecule has 0 aliphatic heterocycles. The number of nitrogens with zero attached hydrogens (tertiary/aromatic N) is 1. The lowest BCUT2D eigenvalue weighted by Crippen LogP contribution is -2.18. The molecule has 0 fully saturated rings. The van der Waals surface area contributed by atoms with E-state index in [0.717, 1.165) is 16.3 Å². The quantitative estimate of drug-likeness (QED) is 0.533. The molecule has 0 saturated heterocycles. The van der Waals surface area contributed by atoms with Crippen LogP contribution in [0.2, 0.25) is 10.0 Å². The van der Waals surface area contributed by atoms with Gasteiger partial charge in [-0.05, 0) is 40.6 Å². The third kappa shape index (κ3) is 3.70. The van der Waals surface area contributed by atoms with Crippen LogP contribution >= 0.6 is 23.2 Å². The summed E-state index contributed by atoms with van der Waals surface area (Å²) in [6.07, 6.45) is 1.59. The molecule has 0 aliphatic rings. The second-order valence-electron chi connectivity index (χ2n) is 4.93. The Hall–Kier alpha value is -2.36. The molecule has 5 heteroatoms. The van der Waals surface area contributed by atoms with Gasteiger partial charge in [-0.2, -0.15) is 5.10 Å². The molecule has 0 atom stereocenters. The minimum atomic E-state index is -0.385. The summed E-state index contributed by atoms with van der Waals surface area (Å²) in [6.45, 7) is 0. The Balaban J connectivity index is 1.73. The standard InChI is InChI=1S/C18H12Cl2N2O/c19-15-7-8-16(17(20)10-15)18(23)22-21-11-12-5-6-13-3-1-2-4-14(13)9-12/h1-11H,(H,22,23). The van der Waals surface area contributed by atoms with Crippen molar-refractivity contribution in [1.29, 1.82) is 0 Å². The zero-order valence-corrected chi connectivity index (χ0v) is 13.5. The van der Waals surface area contributed by atoms with E-state index < -0.39 is 0 Å². The molecular weight excluding hydrogens is 331 g/mol. The van der Waals surface area contributed by atoms with Gasteiger partial charge in [-0.25, -0.2) is 5.43 Å². The van der Waals surface area contributed by atoms with Gasteiger partial charge in [0.05, 0.1) is 16.8 Å². The molecule has 0 radical (unpaired) electrons. The van der Waals surface area contributed by atoms with Crippen LogP contribution in [0.1, 0.15) is 15.9 Å². The first-order valence-electron chi connectivity index (χ1n) is 6.91.